The number of rotatable bonds is 5. The number of benzene rings is 1. The summed E-state index contributed by atoms with van der Waals surface area (Å²) in [5.74, 6) is 0.658. The summed E-state index contributed by atoms with van der Waals surface area (Å²) in [6, 6.07) is 10.0. The minimum absolute atomic E-state index is 0.00827. The van der Waals surface area contributed by atoms with Crippen LogP contribution >= 0.6 is 0 Å². The van der Waals surface area contributed by atoms with Gasteiger partial charge in [-0.15, -0.1) is 0 Å². The number of hydrogen-bond acceptors (Lipinski definition) is 5. The molecule has 4 rings (SSSR count). The van der Waals surface area contributed by atoms with Crippen LogP contribution in [0.4, 0.5) is 5.69 Å². The molecular formula is C19H20N2O5. The molecule has 2 aromatic rings. The van der Waals surface area contributed by atoms with Crippen LogP contribution in [0.1, 0.15) is 25.0 Å². The second-order valence-electron chi connectivity index (χ2n) is 7.26. The molecule has 1 aromatic heterocycles. The molecule has 0 spiro atoms. The number of nitrogens with zero attached hydrogens (tertiary/aromatic N) is 2. The molecule has 1 N–H and O–H groups in total. The third-order valence-corrected chi connectivity index (χ3v) is 5.77. The standard InChI is InChI=1S/C19H20N2O5/c22-18(23)19-9-3-4-13(19)10-20(12-19)11-14-7-8-17(26-14)15-5-1-2-6-16(15)21(24)25/h1-2,5-8,13H,3-4,9-12H2,(H,22,23)/t13-,19+/m0/s1. The summed E-state index contributed by atoms with van der Waals surface area (Å²) in [5, 5.41) is 20.9. The molecule has 1 aliphatic carbocycles. The van der Waals surface area contributed by atoms with Crippen LogP contribution in [0.25, 0.3) is 11.3 Å². The van der Waals surface area contributed by atoms with E-state index in [4.69, 9.17) is 4.42 Å². The highest BCUT2D eigenvalue weighted by Crippen LogP contribution is 2.49. The van der Waals surface area contributed by atoms with E-state index in [2.05, 4.69) is 4.90 Å². The molecule has 0 radical (unpaired) electrons. The lowest BCUT2D eigenvalue weighted by molar-refractivity contribution is -0.384. The predicted octanol–water partition coefficient (Wildman–Crippen LogP) is 3.54. The van der Waals surface area contributed by atoms with Gasteiger partial charge in [0, 0.05) is 19.2 Å². The zero-order valence-electron chi connectivity index (χ0n) is 14.3. The Hall–Kier alpha value is -2.67. The van der Waals surface area contributed by atoms with Gasteiger partial charge in [-0.3, -0.25) is 19.8 Å². The maximum absolute atomic E-state index is 11.8. The molecule has 1 aliphatic heterocycles. The van der Waals surface area contributed by atoms with E-state index in [1.54, 1.807) is 24.3 Å². The van der Waals surface area contributed by atoms with Crippen molar-refractivity contribution in [2.75, 3.05) is 13.1 Å². The Morgan fingerprint density at radius 2 is 2.15 bits per heavy atom. The van der Waals surface area contributed by atoms with E-state index in [1.165, 1.54) is 6.07 Å². The summed E-state index contributed by atoms with van der Waals surface area (Å²) in [6.45, 7) is 1.81. The molecule has 2 atom stereocenters. The second-order valence-corrected chi connectivity index (χ2v) is 7.26. The first-order chi connectivity index (χ1) is 12.5. The molecule has 0 amide bonds. The number of likely N-dealkylation sites (tertiary alicyclic amines) is 1. The summed E-state index contributed by atoms with van der Waals surface area (Å²) in [7, 11) is 0. The lowest BCUT2D eigenvalue weighted by Crippen LogP contribution is -2.35. The summed E-state index contributed by atoms with van der Waals surface area (Å²) in [6.07, 6.45) is 2.68. The molecule has 7 heteroatoms. The van der Waals surface area contributed by atoms with Crippen molar-refractivity contribution < 1.29 is 19.2 Å². The molecule has 2 heterocycles. The van der Waals surface area contributed by atoms with Gasteiger partial charge < -0.3 is 9.52 Å². The number of carboxylic acid groups (broad SMARTS) is 1. The van der Waals surface area contributed by atoms with Gasteiger partial charge in [0.05, 0.1) is 22.4 Å². The number of hydrogen-bond donors (Lipinski definition) is 1. The van der Waals surface area contributed by atoms with Gasteiger partial charge in [0.1, 0.15) is 11.5 Å². The van der Waals surface area contributed by atoms with Gasteiger partial charge in [-0.2, -0.15) is 0 Å². The average molecular weight is 356 g/mol. The largest absolute Gasteiger partial charge is 0.481 e. The van der Waals surface area contributed by atoms with Crippen LogP contribution in [0.2, 0.25) is 0 Å². The summed E-state index contributed by atoms with van der Waals surface area (Å²) in [5.41, 5.74) is -0.161. The Bertz CT molecular complexity index is 861. The minimum Gasteiger partial charge on any atom is -0.481 e. The average Bonchev–Trinajstić information content (AvgIpc) is 3.29. The van der Waals surface area contributed by atoms with Crippen LogP contribution in [0, 0.1) is 21.4 Å². The third kappa shape index (κ3) is 2.68. The zero-order chi connectivity index (χ0) is 18.3. The third-order valence-electron chi connectivity index (χ3n) is 5.77. The molecule has 1 aromatic carbocycles. The van der Waals surface area contributed by atoms with Gasteiger partial charge in [-0.05, 0) is 37.0 Å². The van der Waals surface area contributed by atoms with Gasteiger partial charge in [-0.25, -0.2) is 0 Å². The first-order valence-corrected chi connectivity index (χ1v) is 8.78. The van der Waals surface area contributed by atoms with Crippen LogP contribution in [-0.2, 0) is 11.3 Å². The number of fused-ring (bicyclic) bond motifs is 1. The van der Waals surface area contributed by atoms with Crippen LogP contribution in [0.3, 0.4) is 0 Å². The molecule has 136 valence electrons. The van der Waals surface area contributed by atoms with E-state index in [0.29, 0.717) is 30.2 Å². The molecule has 1 saturated heterocycles. The lowest BCUT2D eigenvalue weighted by Gasteiger charge is -2.23. The van der Waals surface area contributed by atoms with Crippen molar-refractivity contribution in [3.05, 3.63) is 52.3 Å². The normalized spacial score (nSPS) is 25.3. The highest BCUT2D eigenvalue weighted by atomic mass is 16.6. The zero-order valence-corrected chi connectivity index (χ0v) is 14.3. The Kier molecular flexibility index (Phi) is 4.03. The molecular weight excluding hydrogens is 336 g/mol. The number of carboxylic acids is 1. The van der Waals surface area contributed by atoms with E-state index in [0.717, 1.165) is 25.8 Å². The Morgan fingerprint density at radius 1 is 1.35 bits per heavy atom. The van der Waals surface area contributed by atoms with Crippen LogP contribution < -0.4 is 0 Å². The van der Waals surface area contributed by atoms with Crippen molar-refractivity contribution >= 4 is 11.7 Å². The van der Waals surface area contributed by atoms with E-state index < -0.39 is 16.3 Å². The van der Waals surface area contributed by atoms with Crippen LogP contribution in [-0.4, -0.2) is 34.0 Å². The summed E-state index contributed by atoms with van der Waals surface area (Å²) in [4.78, 5) is 24.7. The summed E-state index contributed by atoms with van der Waals surface area (Å²) >= 11 is 0. The SMILES string of the molecule is O=C(O)[C@@]12CCC[C@H]1CN(Cc1ccc(-c3ccccc3[N+](=O)[O-])o1)C2. The topological polar surface area (TPSA) is 96.8 Å². The van der Waals surface area contributed by atoms with Crippen molar-refractivity contribution in [1.29, 1.82) is 0 Å². The van der Waals surface area contributed by atoms with Crippen molar-refractivity contribution in [2.24, 2.45) is 11.3 Å². The van der Waals surface area contributed by atoms with E-state index in [1.807, 2.05) is 6.07 Å². The minimum atomic E-state index is -0.692. The maximum atomic E-state index is 11.8. The molecule has 26 heavy (non-hydrogen) atoms. The van der Waals surface area contributed by atoms with Gasteiger partial charge >= 0.3 is 5.97 Å². The monoisotopic (exact) mass is 356 g/mol. The number of para-hydroxylation sites is 1. The highest BCUT2D eigenvalue weighted by molar-refractivity contribution is 5.76. The van der Waals surface area contributed by atoms with E-state index >= 15 is 0 Å². The smallest absolute Gasteiger partial charge is 0.311 e. The van der Waals surface area contributed by atoms with Gasteiger partial charge in [-0.1, -0.05) is 18.6 Å². The van der Waals surface area contributed by atoms with Crippen LogP contribution in [0.15, 0.2) is 40.8 Å². The number of furan rings is 1. The molecule has 0 unspecified atom stereocenters. The fourth-order valence-electron chi connectivity index (χ4n) is 4.53. The fraction of sp³-hybridized carbons (Fsp3) is 0.421. The number of carbonyl (C=O) groups is 1. The van der Waals surface area contributed by atoms with Crippen molar-refractivity contribution in [1.82, 2.24) is 4.90 Å². The first-order valence-electron chi connectivity index (χ1n) is 8.78. The fourth-order valence-corrected chi connectivity index (χ4v) is 4.53. The van der Waals surface area contributed by atoms with E-state index in [-0.39, 0.29) is 11.6 Å². The molecule has 7 nitrogen and oxygen atoms in total. The molecule has 2 aliphatic rings. The van der Waals surface area contributed by atoms with Crippen molar-refractivity contribution in [3.8, 4) is 11.3 Å². The molecule has 2 fully saturated rings. The number of nitro groups is 1. The first kappa shape index (κ1) is 16.8. The Morgan fingerprint density at radius 3 is 2.88 bits per heavy atom. The van der Waals surface area contributed by atoms with E-state index in [9.17, 15) is 20.0 Å². The van der Waals surface area contributed by atoms with Crippen molar-refractivity contribution in [3.63, 3.8) is 0 Å². The van der Waals surface area contributed by atoms with Gasteiger partial charge in [0.15, 0.2) is 0 Å². The second kappa shape index (κ2) is 6.25. The highest BCUT2D eigenvalue weighted by Gasteiger charge is 2.54. The predicted molar refractivity (Wildman–Crippen MR) is 93.5 cm³/mol. The number of aliphatic carboxylic acids is 1. The van der Waals surface area contributed by atoms with Gasteiger partial charge in [0.2, 0.25) is 0 Å². The quantitative estimate of drug-likeness (QED) is 0.650. The molecule has 1 saturated carbocycles. The maximum Gasteiger partial charge on any atom is 0.311 e. The van der Waals surface area contributed by atoms with Crippen LogP contribution in [0.5, 0.6) is 0 Å². The van der Waals surface area contributed by atoms with Crippen molar-refractivity contribution in [2.45, 2.75) is 25.8 Å². The molecule has 0 bridgehead atoms. The summed E-state index contributed by atoms with van der Waals surface area (Å²) < 4.78 is 5.84. The Balaban J connectivity index is 1.52. The lowest BCUT2D eigenvalue weighted by atomic mass is 9.81. The number of nitro benzene ring substituents is 1. The van der Waals surface area contributed by atoms with Gasteiger partial charge in [0.25, 0.3) is 5.69 Å². The Labute approximate surface area is 150 Å².